The Morgan fingerprint density at radius 2 is 2.00 bits per heavy atom. The van der Waals surface area contributed by atoms with Crippen LogP contribution in [0.4, 0.5) is 0 Å². The number of aromatic nitrogens is 3. The quantitative estimate of drug-likeness (QED) is 0.778. The lowest BCUT2D eigenvalue weighted by Crippen LogP contribution is -2.15. The fourth-order valence-corrected chi connectivity index (χ4v) is 2.49. The van der Waals surface area contributed by atoms with E-state index in [1.165, 1.54) is 37.9 Å². The molecule has 2 fully saturated rings. The molecule has 1 aromatic heterocycles. The van der Waals surface area contributed by atoms with E-state index in [0.717, 1.165) is 11.2 Å². The second-order valence-electron chi connectivity index (χ2n) is 4.34. The Kier molecular flexibility index (Phi) is 2.11. The third kappa shape index (κ3) is 1.31. The van der Waals surface area contributed by atoms with Gasteiger partial charge in [0, 0.05) is 12.0 Å². The first-order valence-electron chi connectivity index (χ1n) is 5.40. The second kappa shape index (κ2) is 3.33. The van der Waals surface area contributed by atoms with Crippen molar-refractivity contribution < 1.29 is 0 Å². The molecule has 0 bridgehead atoms. The minimum atomic E-state index is 0.705. The van der Waals surface area contributed by atoms with Crippen LogP contribution < -0.4 is 0 Å². The Morgan fingerprint density at radius 3 is 2.50 bits per heavy atom. The zero-order chi connectivity index (χ0) is 9.54. The third-order valence-corrected chi connectivity index (χ3v) is 3.80. The van der Waals surface area contributed by atoms with Crippen LogP contribution in [0.25, 0.3) is 0 Å². The number of hydrogen-bond acceptors (Lipinski definition) is 2. The standard InChI is InChI=1S/C10H14BrN3/c11-6-9-12-13-10(7-2-1-3-7)14(9)8-4-5-8/h7-8H,1-6H2. The van der Waals surface area contributed by atoms with E-state index in [4.69, 9.17) is 0 Å². The summed E-state index contributed by atoms with van der Waals surface area (Å²) in [5.41, 5.74) is 0. The highest BCUT2D eigenvalue weighted by atomic mass is 79.9. The number of alkyl halides is 1. The van der Waals surface area contributed by atoms with Gasteiger partial charge in [-0.25, -0.2) is 0 Å². The molecule has 0 aliphatic heterocycles. The fraction of sp³-hybridized carbons (Fsp3) is 0.800. The van der Waals surface area contributed by atoms with E-state index in [0.29, 0.717) is 12.0 Å². The molecule has 0 N–H and O–H groups in total. The van der Waals surface area contributed by atoms with E-state index in [2.05, 4.69) is 30.7 Å². The highest BCUT2D eigenvalue weighted by Crippen LogP contribution is 2.42. The van der Waals surface area contributed by atoms with Crippen molar-refractivity contribution in [3.05, 3.63) is 11.6 Å². The fourth-order valence-electron chi connectivity index (χ4n) is 2.10. The van der Waals surface area contributed by atoms with Crippen LogP contribution in [0.3, 0.4) is 0 Å². The Morgan fingerprint density at radius 1 is 1.21 bits per heavy atom. The third-order valence-electron chi connectivity index (χ3n) is 3.29. The van der Waals surface area contributed by atoms with E-state index in [1.807, 2.05) is 0 Å². The van der Waals surface area contributed by atoms with Crippen molar-refractivity contribution >= 4 is 15.9 Å². The molecule has 1 aromatic rings. The topological polar surface area (TPSA) is 30.7 Å². The van der Waals surface area contributed by atoms with Crippen LogP contribution in [0.1, 0.15) is 55.7 Å². The molecule has 3 rings (SSSR count). The van der Waals surface area contributed by atoms with Gasteiger partial charge in [-0.05, 0) is 25.7 Å². The Balaban J connectivity index is 1.96. The highest BCUT2D eigenvalue weighted by Gasteiger charge is 2.33. The van der Waals surface area contributed by atoms with Gasteiger partial charge in [-0.1, -0.05) is 22.4 Å². The molecule has 0 atom stereocenters. The lowest BCUT2D eigenvalue weighted by Gasteiger charge is -2.25. The maximum absolute atomic E-state index is 4.35. The van der Waals surface area contributed by atoms with Gasteiger partial charge in [-0.3, -0.25) is 0 Å². The minimum Gasteiger partial charge on any atom is -0.311 e. The molecule has 1 heterocycles. The molecule has 0 spiro atoms. The normalized spacial score (nSPS) is 22.4. The average Bonchev–Trinajstić information content (AvgIpc) is 2.86. The maximum atomic E-state index is 4.35. The van der Waals surface area contributed by atoms with Gasteiger partial charge in [-0.2, -0.15) is 0 Å². The Bertz CT molecular complexity index is 339. The van der Waals surface area contributed by atoms with E-state index in [9.17, 15) is 0 Å². The average molecular weight is 256 g/mol. The number of nitrogens with zero attached hydrogens (tertiary/aromatic N) is 3. The van der Waals surface area contributed by atoms with E-state index in [1.54, 1.807) is 0 Å². The maximum Gasteiger partial charge on any atom is 0.143 e. The summed E-state index contributed by atoms with van der Waals surface area (Å²) in [6, 6.07) is 0.716. The molecule has 2 aliphatic rings. The van der Waals surface area contributed by atoms with Crippen molar-refractivity contribution in [3.63, 3.8) is 0 Å². The largest absolute Gasteiger partial charge is 0.311 e. The summed E-state index contributed by atoms with van der Waals surface area (Å²) >= 11 is 3.48. The smallest absolute Gasteiger partial charge is 0.143 e. The van der Waals surface area contributed by atoms with E-state index in [-0.39, 0.29) is 0 Å². The Hall–Kier alpha value is -0.380. The van der Waals surface area contributed by atoms with Gasteiger partial charge in [0.05, 0.1) is 5.33 Å². The van der Waals surface area contributed by atoms with Gasteiger partial charge in [0.1, 0.15) is 11.6 Å². The lowest BCUT2D eigenvalue weighted by molar-refractivity contribution is 0.385. The van der Waals surface area contributed by atoms with Gasteiger partial charge in [0.25, 0.3) is 0 Å². The summed E-state index contributed by atoms with van der Waals surface area (Å²) in [6.45, 7) is 0. The molecule has 76 valence electrons. The molecule has 0 radical (unpaired) electrons. The number of halogens is 1. The summed E-state index contributed by atoms with van der Waals surface area (Å²) in [5, 5.41) is 9.45. The van der Waals surface area contributed by atoms with Gasteiger partial charge in [0.2, 0.25) is 0 Å². The molecule has 0 amide bonds. The zero-order valence-electron chi connectivity index (χ0n) is 8.12. The molecular formula is C10H14BrN3. The summed E-state index contributed by atoms with van der Waals surface area (Å²) in [4.78, 5) is 0. The van der Waals surface area contributed by atoms with Crippen molar-refractivity contribution in [3.8, 4) is 0 Å². The number of hydrogen-bond donors (Lipinski definition) is 0. The molecule has 3 nitrogen and oxygen atoms in total. The van der Waals surface area contributed by atoms with Gasteiger partial charge in [-0.15, -0.1) is 10.2 Å². The Labute approximate surface area is 92.0 Å². The molecule has 2 saturated carbocycles. The zero-order valence-corrected chi connectivity index (χ0v) is 9.70. The van der Waals surface area contributed by atoms with Gasteiger partial charge < -0.3 is 4.57 Å². The van der Waals surface area contributed by atoms with Crippen LogP contribution in [0.15, 0.2) is 0 Å². The van der Waals surface area contributed by atoms with Gasteiger partial charge >= 0.3 is 0 Å². The van der Waals surface area contributed by atoms with Crippen molar-refractivity contribution in [1.29, 1.82) is 0 Å². The summed E-state index contributed by atoms with van der Waals surface area (Å²) in [5.74, 6) is 3.08. The van der Waals surface area contributed by atoms with Crippen molar-refractivity contribution in [1.82, 2.24) is 14.8 Å². The predicted octanol–water partition coefficient (Wildman–Crippen LogP) is 2.78. The first kappa shape index (κ1) is 8.89. The van der Waals surface area contributed by atoms with Crippen molar-refractivity contribution in [2.24, 2.45) is 0 Å². The molecular weight excluding hydrogens is 242 g/mol. The summed E-state index contributed by atoms with van der Waals surface area (Å²) in [6.07, 6.45) is 6.63. The van der Waals surface area contributed by atoms with Crippen LogP contribution in [-0.2, 0) is 5.33 Å². The first-order valence-corrected chi connectivity index (χ1v) is 6.52. The van der Waals surface area contributed by atoms with Crippen LogP contribution in [-0.4, -0.2) is 14.8 Å². The molecule has 0 saturated heterocycles. The highest BCUT2D eigenvalue weighted by molar-refractivity contribution is 9.08. The molecule has 0 aromatic carbocycles. The van der Waals surface area contributed by atoms with E-state index < -0.39 is 0 Å². The monoisotopic (exact) mass is 255 g/mol. The lowest BCUT2D eigenvalue weighted by atomic mass is 9.85. The van der Waals surface area contributed by atoms with Crippen LogP contribution in [0.2, 0.25) is 0 Å². The minimum absolute atomic E-state index is 0.705. The van der Waals surface area contributed by atoms with Crippen molar-refractivity contribution in [2.45, 2.75) is 49.4 Å². The molecule has 4 heteroatoms. The van der Waals surface area contributed by atoms with Gasteiger partial charge in [0.15, 0.2) is 0 Å². The van der Waals surface area contributed by atoms with Crippen LogP contribution in [0.5, 0.6) is 0 Å². The first-order chi connectivity index (χ1) is 6.90. The van der Waals surface area contributed by atoms with Crippen LogP contribution >= 0.6 is 15.9 Å². The molecule has 14 heavy (non-hydrogen) atoms. The predicted molar refractivity (Wildman–Crippen MR) is 57.5 cm³/mol. The second-order valence-corrected chi connectivity index (χ2v) is 4.90. The molecule has 2 aliphatic carbocycles. The van der Waals surface area contributed by atoms with Crippen LogP contribution in [0, 0.1) is 0 Å². The van der Waals surface area contributed by atoms with Crippen molar-refractivity contribution in [2.75, 3.05) is 0 Å². The molecule has 0 unspecified atom stereocenters. The number of rotatable bonds is 3. The SMILES string of the molecule is BrCc1nnc(C2CCC2)n1C1CC1. The summed E-state index contributed by atoms with van der Waals surface area (Å²) in [7, 11) is 0. The van der Waals surface area contributed by atoms with E-state index >= 15 is 0 Å². The summed E-state index contributed by atoms with van der Waals surface area (Å²) < 4.78 is 2.39.